The molecule has 0 saturated carbocycles. The van der Waals surface area contributed by atoms with Gasteiger partial charge in [-0.25, -0.2) is 0 Å². The third-order valence-electron chi connectivity index (χ3n) is 3.40. The highest BCUT2D eigenvalue weighted by atomic mass is 32.1. The summed E-state index contributed by atoms with van der Waals surface area (Å²) in [5.41, 5.74) is 0.806. The van der Waals surface area contributed by atoms with E-state index in [1.54, 1.807) is 24.6 Å². The maximum atomic E-state index is 10.8. The van der Waals surface area contributed by atoms with Crippen molar-refractivity contribution in [1.82, 2.24) is 9.78 Å². The van der Waals surface area contributed by atoms with Crippen LogP contribution in [0, 0.1) is 0 Å². The maximum absolute atomic E-state index is 10.8. The highest BCUT2D eigenvalue weighted by Gasteiger charge is 2.25. The molecule has 2 heterocycles. The number of nitrogens with zero attached hydrogens (tertiary/aromatic N) is 2. The Hall–Kier alpha value is -1.33. The zero-order chi connectivity index (χ0) is 15.8. The van der Waals surface area contributed by atoms with E-state index in [2.05, 4.69) is 31.9 Å². The Balaban J connectivity index is 2.42. The quantitative estimate of drug-likeness (QED) is 0.931. The molecule has 21 heavy (non-hydrogen) atoms. The number of aliphatic hydroxyl groups excluding tert-OH is 1. The second-order valence-electron chi connectivity index (χ2n) is 6.49. The summed E-state index contributed by atoms with van der Waals surface area (Å²) in [4.78, 5) is 2.17. The van der Waals surface area contributed by atoms with Crippen molar-refractivity contribution in [2.75, 3.05) is 7.11 Å². The van der Waals surface area contributed by atoms with Gasteiger partial charge in [0.25, 0.3) is 0 Å². The number of methoxy groups -OCH3 is 1. The molecule has 1 atom stereocenters. The molecule has 0 radical (unpaired) electrons. The first-order valence-corrected chi connectivity index (χ1v) is 7.97. The Morgan fingerprint density at radius 1 is 1.29 bits per heavy atom. The largest absolute Gasteiger partial charge is 0.493 e. The van der Waals surface area contributed by atoms with Crippen LogP contribution in [0.4, 0.5) is 0 Å². The molecule has 0 bridgehead atoms. The molecule has 0 fully saturated rings. The van der Waals surface area contributed by atoms with Gasteiger partial charge in [0.1, 0.15) is 11.8 Å². The van der Waals surface area contributed by atoms with Crippen molar-refractivity contribution >= 4 is 11.3 Å². The predicted octanol–water partition coefficient (Wildman–Crippen LogP) is 3.91. The zero-order valence-corrected chi connectivity index (χ0v) is 14.4. The Morgan fingerprint density at radius 3 is 2.43 bits per heavy atom. The van der Waals surface area contributed by atoms with Gasteiger partial charge in [-0.15, -0.1) is 11.3 Å². The number of ether oxygens (including phenoxy) is 1. The molecule has 0 aliphatic heterocycles. The first kappa shape index (κ1) is 16.0. The third-order valence-corrected chi connectivity index (χ3v) is 4.97. The van der Waals surface area contributed by atoms with Crippen LogP contribution in [-0.2, 0) is 5.41 Å². The van der Waals surface area contributed by atoms with E-state index in [0.29, 0.717) is 5.75 Å². The van der Waals surface area contributed by atoms with Crippen molar-refractivity contribution in [2.45, 2.75) is 52.2 Å². The Labute approximate surface area is 130 Å². The highest BCUT2D eigenvalue weighted by Crippen LogP contribution is 2.37. The fourth-order valence-corrected chi connectivity index (χ4v) is 3.28. The number of aromatic nitrogens is 2. The fourth-order valence-electron chi connectivity index (χ4n) is 2.22. The van der Waals surface area contributed by atoms with E-state index >= 15 is 0 Å². The Morgan fingerprint density at radius 2 is 1.95 bits per heavy atom. The van der Waals surface area contributed by atoms with Gasteiger partial charge in [0, 0.05) is 15.8 Å². The minimum atomic E-state index is -0.717. The van der Waals surface area contributed by atoms with E-state index in [0.717, 1.165) is 10.6 Å². The number of thiophene rings is 1. The standard InChI is InChI=1S/C16H24N2O2S/c1-10(2)18-14(11(20-6)9-17-18)15(19)12-7-8-13(21-12)16(3,4)5/h7-10,15,19H,1-6H3. The molecule has 1 unspecified atom stereocenters. The van der Waals surface area contributed by atoms with Crippen LogP contribution < -0.4 is 4.74 Å². The molecule has 0 aromatic carbocycles. The lowest BCUT2D eigenvalue weighted by Crippen LogP contribution is -2.12. The summed E-state index contributed by atoms with van der Waals surface area (Å²) in [7, 11) is 1.60. The maximum Gasteiger partial charge on any atom is 0.163 e. The van der Waals surface area contributed by atoms with Gasteiger partial charge in [0.15, 0.2) is 5.75 Å². The van der Waals surface area contributed by atoms with E-state index in [-0.39, 0.29) is 11.5 Å². The lowest BCUT2D eigenvalue weighted by Gasteiger charge is -2.17. The Bertz CT molecular complexity index is 608. The van der Waals surface area contributed by atoms with Crippen LogP contribution in [0.1, 0.15) is 62.2 Å². The molecule has 5 heteroatoms. The van der Waals surface area contributed by atoms with Crippen LogP contribution >= 0.6 is 11.3 Å². The molecule has 116 valence electrons. The van der Waals surface area contributed by atoms with Gasteiger partial charge in [-0.05, 0) is 31.4 Å². The van der Waals surface area contributed by atoms with Gasteiger partial charge in [-0.1, -0.05) is 20.8 Å². The van der Waals surface area contributed by atoms with Crippen LogP contribution in [0.15, 0.2) is 18.3 Å². The van der Waals surface area contributed by atoms with Crippen LogP contribution in [0.2, 0.25) is 0 Å². The number of rotatable bonds is 4. The topological polar surface area (TPSA) is 47.3 Å². The van der Waals surface area contributed by atoms with Crippen molar-refractivity contribution in [3.63, 3.8) is 0 Å². The molecule has 2 aromatic rings. The molecule has 0 aliphatic carbocycles. The minimum absolute atomic E-state index is 0.0883. The lowest BCUT2D eigenvalue weighted by atomic mass is 9.95. The second kappa shape index (κ2) is 5.81. The van der Waals surface area contributed by atoms with E-state index in [1.807, 2.05) is 24.6 Å². The molecular formula is C16H24N2O2S. The lowest BCUT2D eigenvalue weighted by molar-refractivity contribution is 0.203. The molecule has 2 rings (SSSR count). The highest BCUT2D eigenvalue weighted by molar-refractivity contribution is 7.12. The molecule has 4 nitrogen and oxygen atoms in total. The SMILES string of the molecule is COc1cnn(C(C)C)c1C(O)c1ccc(C(C)(C)C)s1. The van der Waals surface area contributed by atoms with Crippen LogP contribution in [-0.4, -0.2) is 22.0 Å². The van der Waals surface area contributed by atoms with Crippen molar-refractivity contribution < 1.29 is 9.84 Å². The molecule has 0 spiro atoms. The van der Waals surface area contributed by atoms with Gasteiger partial charge in [0.2, 0.25) is 0 Å². The second-order valence-corrected chi connectivity index (χ2v) is 7.61. The summed E-state index contributed by atoms with van der Waals surface area (Å²) in [6, 6.07) is 4.25. The first-order chi connectivity index (χ1) is 9.75. The molecule has 1 N–H and O–H groups in total. The van der Waals surface area contributed by atoms with Gasteiger partial charge >= 0.3 is 0 Å². The molecule has 0 aliphatic rings. The van der Waals surface area contributed by atoms with Crippen molar-refractivity contribution in [3.8, 4) is 5.75 Å². The molecule has 0 saturated heterocycles. The average molecular weight is 308 g/mol. The van der Waals surface area contributed by atoms with Gasteiger partial charge in [-0.3, -0.25) is 4.68 Å². The predicted molar refractivity (Wildman–Crippen MR) is 86.2 cm³/mol. The minimum Gasteiger partial charge on any atom is -0.493 e. The number of hydrogen-bond acceptors (Lipinski definition) is 4. The molecule has 2 aromatic heterocycles. The summed E-state index contributed by atoms with van der Waals surface area (Å²) in [5.74, 6) is 0.627. The normalized spacial score (nSPS) is 13.7. The summed E-state index contributed by atoms with van der Waals surface area (Å²) >= 11 is 1.64. The Kier molecular flexibility index (Phi) is 4.44. The van der Waals surface area contributed by atoms with Crippen molar-refractivity contribution in [2.24, 2.45) is 0 Å². The van der Waals surface area contributed by atoms with Crippen LogP contribution in [0.5, 0.6) is 5.75 Å². The number of aliphatic hydroxyl groups is 1. The van der Waals surface area contributed by atoms with Crippen molar-refractivity contribution in [1.29, 1.82) is 0 Å². The van der Waals surface area contributed by atoms with E-state index < -0.39 is 6.10 Å². The summed E-state index contributed by atoms with van der Waals surface area (Å²) in [6.07, 6.45) is 0.947. The van der Waals surface area contributed by atoms with Gasteiger partial charge < -0.3 is 9.84 Å². The summed E-state index contributed by atoms with van der Waals surface area (Å²) in [6.45, 7) is 10.6. The van der Waals surface area contributed by atoms with Gasteiger partial charge in [0.05, 0.1) is 13.3 Å². The average Bonchev–Trinajstić information content (AvgIpc) is 3.03. The monoisotopic (exact) mass is 308 g/mol. The fraction of sp³-hybridized carbons (Fsp3) is 0.562. The number of hydrogen-bond donors (Lipinski definition) is 1. The van der Waals surface area contributed by atoms with E-state index in [4.69, 9.17) is 4.74 Å². The molecule has 0 amide bonds. The summed E-state index contributed by atoms with van der Waals surface area (Å²) < 4.78 is 7.17. The van der Waals surface area contributed by atoms with Crippen LogP contribution in [0.25, 0.3) is 0 Å². The summed E-state index contributed by atoms with van der Waals surface area (Å²) in [5, 5.41) is 15.1. The van der Waals surface area contributed by atoms with Gasteiger partial charge in [-0.2, -0.15) is 5.10 Å². The smallest absolute Gasteiger partial charge is 0.163 e. The first-order valence-electron chi connectivity index (χ1n) is 7.15. The molecular weight excluding hydrogens is 284 g/mol. The van der Waals surface area contributed by atoms with Crippen LogP contribution in [0.3, 0.4) is 0 Å². The van der Waals surface area contributed by atoms with E-state index in [9.17, 15) is 5.11 Å². The van der Waals surface area contributed by atoms with E-state index in [1.165, 1.54) is 4.88 Å². The zero-order valence-electron chi connectivity index (χ0n) is 13.5. The third kappa shape index (κ3) is 3.14. The van der Waals surface area contributed by atoms with Crippen molar-refractivity contribution in [3.05, 3.63) is 33.8 Å².